The highest BCUT2D eigenvalue weighted by Crippen LogP contribution is 2.31. The summed E-state index contributed by atoms with van der Waals surface area (Å²) in [5, 5.41) is 3.98. The van der Waals surface area contributed by atoms with Gasteiger partial charge in [0.05, 0.1) is 17.0 Å². The second-order valence-corrected chi connectivity index (χ2v) is 6.76. The van der Waals surface area contributed by atoms with Gasteiger partial charge in [0.1, 0.15) is 5.56 Å². The lowest BCUT2D eigenvalue weighted by Crippen LogP contribution is -2.32. The van der Waals surface area contributed by atoms with Crippen LogP contribution in [0.15, 0.2) is 6.20 Å². The van der Waals surface area contributed by atoms with Crippen LogP contribution in [-0.2, 0) is 15.4 Å². The zero-order valence-corrected chi connectivity index (χ0v) is 10.2. The number of rotatable bonds is 2. The first-order valence-corrected chi connectivity index (χ1v) is 6.91. The largest absolute Gasteiger partial charge is 0.382 e. The van der Waals surface area contributed by atoms with Gasteiger partial charge in [-0.15, -0.1) is 0 Å². The first-order valence-electron chi connectivity index (χ1n) is 5.09. The van der Waals surface area contributed by atoms with Gasteiger partial charge in [0, 0.05) is 6.20 Å². The zero-order valence-electron chi connectivity index (χ0n) is 9.38. The molecule has 7 nitrogen and oxygen atoms in total. The van der Waals surface area contributed by atoms with E-state index in [4.69, 9.17) is 11.5 Å². The Morgan fingerprint density at radius 2 is 2.24 bits per heavy atom. The van der Waals surface area contributed by atoms with E-state index in [0.29, 0.717) is 6.42 Å². The van der Waals surface area contributed by atoms with E-state index in [0.717, 1.165) is 0 Å². The van der Waals surface area contributed by atoms with Crippen molar-refractivity contribution in [3.8, 4) is 0 Å². The third-order valence-corrected chi connectivity index (χ3v) is 4.93. The molecule has 1 aliphatic heterocycles. The number of nitrogen functional groups attached to an aromatic ring is 1. The summed E-state index contributed by atoms with van der Waals surface area (Å²) in [6.45, 7) is 1.77. The third kappa shape index (κ3) is 1.99. The maximum absolute atomic E-state index is 11.5. The average Bonchev–Trinajstić information content (AvgIpc) is 2.69. The molecule has 2 rings (SSSR count). The molecule has 1 fully saturated rings. The molecule has 0 aliphatic carbocycles. The van der Waals surface area contributed by atoms with Crippen LogP contribution in [0.4, 0.5) is 5.82 Å². The van der Waals surface area contributed by atoms with E-state index < -0.39 is 21.3 Å². The Balaban J connectivity index is 2.42. The highest BCUT2D eigenvalue weighted by Gasteiger charge is 2.41. The second kappa shape index (κ2) is 3.46. The molecule has 4 N–H and O–H groups in total. The molecule has 94 valence electrons. The molecular weight excluding hydrogens is 244 g/mol. The van der Waals surface area contributed by atoms with Crippen molar-refractivity contribution in [3.63, 3.8) is 0 Å². The van der Waals surface area contributed by atoms with Crippen LogP contribution in [0.3, 0.4) is 0 Å². The number of sulfone groups is 1. The summed E-state index contributed by atoms with van der Waals surface area (Å²) < 4.78 is 24.4. The summed E-state index contributed by atoms with van der Waals surface area (Å²) in [4.78, 5) is 11.1. The Morgan fingerprint density at radius 1 is 1.59 bits per heavy atom. The standard InChI is InChI=1S/C9H14N4O3S/c1-9(2-3-17(15,16)5-9)13-4-6(8(11)14)7(10)12-13/h4H,2-3,5H2,1H3,(H2,10,12)(H2,11,14). The van der Waals surface area contributed by atoms with E-state index in [9.17, 15) is 13.2 Å². The molecule has 17 heavy (non-hydrogen) atoms. The quantitative estimate of drug-likeness (QED) is 0.711. The molecule has 1 atom stereocenters. The molecule has 1 unspecified atom stereocenters. The number of primary amides is 1. The van der Waals surface area contributed by atoms with Crippen LogP contribution in [0, 0.1) is 0 Å². The highest BCUT2D eigenvalue weighted by molar-refractivity contribution is 7.91. The van der Waals surface area contributed by atoms with Gasteiger partial charge < -0.3 is 11.5 Å². The van der Waals surface area contributed by atoms with E-state index in [1.54, 1.807) is 6.92 Å². The molecule has 1 aromatic rings. The lowest BCUT2D eigenvalue weighted by molar-refractivity contribution is 0.100. The van der Waals surface area contributed by atoms with Crippen molar-refractivity contribution < 1.29 is 13.2 Å². The topological polar surface area (TPSA) is 121 Å². The predicted molar refractivity (Wildman–Crippen MR) is 62.1 cm³/mol. The van der Waals surface area contributed by atoms with Crippen molar-refractivity contribution >= 4 is 21.6 Å². The zero-order chi connectivity index (χ0) is 12.8. The number of nitrogens with two attached hydrogens (primary N) is 2. The fourth-order valence-electron chi connectivity index (χ4n) is 2.03. The molecule has 0 bridgehead atoms. The molecule has 1 aliphatic rings. The number of anilines is 1. The van der Waals surface area contributed by atoms with Gasteiger partial charge in [-0.25, -0.2) is 8.42 Å². The fraction of sp³-hybridized carbons (Fsp3) is 0.556. The van der Waals surface area contributed by atoms with Gasteiger partial charge in [0.2, 0.25) is 0 Å². The van der Waals surface area contributed by atoms with E-state index in [2.05, 4.69) is 5.10 Å². The van der Waals surface area contributed by atoms with Crippen molar-refractivity contribution in [1.29, 1.82) is 0 Å². The normalized spacial score (nSPS) is 27.1. The van der Waals surface area contributed by atoms with Crippen molar-refractivity contribution in [2.75, 3.05) is 17.2 Å². The van der Waals surface area contributed by atoms with Gasteiger partial charge >= 0.3 is 0 Å². The minimum atomic E-state index is -3.04. The first kappa shape index (κ1) is 11.9. The summed E-state index contributed by atoms with van der Waals surface area (Å²) in [6.07, 6.45) is 1.87. The average molecular weight is 258 g/mol. The number of aromatic nitrogens is 2. The van der Waals surface area contributed by atoms with Crippen molar-refractivity contribution in [2.45, 2.75) is 18.9 Å². The van der Waals surface area contributed by atoms with Crippen LogP contribution in [0.1, 0.15) is 23.7 Å². The number of nitrogens with zero attached hydrogens (tertiary/aromatic N) is 2. The van der Waals surface area contributed by atoms with Crippen molar-refractivity contribution in [2.24, 2.45) is 5.73 Å². The van der Waals surface area contributed by atoms with E-state index >= 15 is 0 Å². The van der Waals surface area contributed by atoms with E-state index in [-0.39, 0.29) is 22.9 Å². The van der Waals surface area contributed by atoms with Gasteiger partial charge in [0.25, 0.3) is 5.91 Å². The SMILES string of the molecule is CC1(n2cc(C(N)=O)c(N)n2)CCS(=O)(=O)C1. The summed E-state index contributed by atoms with van der Waals surface area (Å²) in [7, 11) is -3.04. The van der Waals surface area contributed by atoms with Crippen LogP contribution < -0.4 is 11.5 Å². The van der Waals surface area contributed by atoms with Gasteiger partial charge in [-0.2, -0.15) is 5.10 Å². The molecule has 0 aromatic carbocycles. The Kier molecular flexibility index (Phi) is 2.42. The Hall–Kier alpha value is -1.57. The number of carbonyl (C=O) groups is 1. The van der Waals surface area contributed by atoms with Gasteiger partial charge in [-0.3, -0.25) is 9.48 Å². The molecule has 1 saturated heterocycles. The molecule has 0 saturated carbocycles. The Morgan fingerprint density at radius 3 is 2.65 bits per heavy atom. The predicted octanol–water partition coefficient (Wildman–Crippen LogP) is -0.902. The van der Waals surface area contributed by atoms with Gasteiger partial charge in [0.15, 0.2) is 15.7 Å². The third-order valence-electron chi connectivity index (χ3n) is 3.04. The number of amides is 1. The summed E-state index contributed by atoms with van der Waals surface area (Å²) in [5.41, 5.74) is 10.2. The molecule has 8 heteroatoms. The first-order chi connectivity index (χ1) is 7.73. The fourth-order valence-corrected chi connectivity index (χ4v) is 4.15. The van der Waals surface area contributed by atoms with Crippen LogP contribution in [0.25, 0.3) is 0 Å². The van der Waals surface area contributed by atoms with Gasteiger partial charge in [-0.05, 0) is 13.3 Å². The number of carbonyl (C=O) groups excluding carboxylic acids is 1. The molecule has 0 spiro atoms. The van der Waals surface area contributed by atoms with Crippen molar-refractivity contribution in [1.82, 2.24) is 9.78 Å². The second-order valence-electron chi connectivity index (χ2n) is 4.58. The molecule has 1 amide bonds. The van der Waals surface area contributed by atoms with Gasteiger partial charge in [-0.1, -0.05) is 0 Å². The minimum absolute atomic E-state index is 0.000673. The lowest BCUT2D eigenvalue weighted by Gasteiger charge is -2.22. The summed E-state index contributed by atoms with van der Waals surface area (Å²) in [5.74, 6) is -0.518. The smallest absolute Gasteiger partial charge is 0.254 e. The number of hydrogen-bond acceptors (Lipinski definition) is 5. The van der Waals surface area contributed by atoms with Crippen molar-refractivity contribution in [3.05, 3.63) is 11.8 Å². The molecule has 2 heterocycles. The Bertz CT molecular complexity index is 577. The number of hydrogen-bond donors (Lipinski definition) is 2. The summed E-state index contributed by atoms with van der Waals surface area (Å²) >= 11 is 0. The molecular formula is C9H14N4O3S. The highest BCUT2D eigenvalue weighted by atomic mass is 32.2. The van der Waals surface area contributed by atoms with E-state index in [1.165, 1.54) is 10.9 Å². The molecule has 0 radical (unpaired) electrons. The van der Waals surface area contributed by atoms with Crippen LogP contribution in [-0.4, -0.2) is 35.6 Å². The maximum atomic E-state index is 11.5. The lowest BCUT2D eigenvalue weighted by atomic mass is 10.0. The minimum Gasteiger partial charge on any atom is -0.382 e. The van der Waals surface area contributed by atoms with Crippen LogP contribution >= 0.6 is 0 Å². The van der Waals surface area contributed by atoms with E-state index in [1.807, 2.05) is 0 Å². The maximum Gasteiger partial charge on any atom is 0.254 e. The monoisotopic (exact) mass is 258 g/mol. The molecule has 1 aromatic heterocycles. The summed E-state index contributed by atoms with van der Waals surface area (Å²) in [6, 6.07) is 0. The van der Waals surface area contributed by atoms with Crippen LogP contribution in [0.5, 0.6) is 0 Å². The van der Waals surface area contributed by atoms with Crippen LogP contribution in [0.2, 0.25) is 0 Å². The Labute approximate surface area is 98.7 Å².